The van der Waals surface area contributed by atoms with Crippen LogP contribution in [-0.2, 0) is 14.0 Å². The molecular weight excluding hydrogens is 393 g/mol. The van der Waals surface area contributed by atoms with Gasteiger partial charge in [0.2, 0.25) is 0 Å². The van der Waals surface area contributed by atoms with Crippen LogP contribution in [0, 0.1) is 0 Å². The maximum Gasteiger partial charge on any atom is 0.499 e. The third-order valence-corrected chi connectivity index (χ3v) is 6.11. The minimum Gasteiger partial charge on any atom is -0.444 e. The number of ether oxygens (including phenoxy) is 1. The number of carbonyl (C=O) groups is 1. The van der Waals surface area contributed by atoms with Crippen molar-refractivity contribution >= 4 is 30.3 Å². The first-order chi connectivity index (χ1) is 13.3. The van der Waals surface area contributed by atoms with E-state index in [0.29, 0.717) is 29.5 Å². The van der Waals surface area contributed by atoms with Crippen LogP contribution in [-0.4, -0.2) is 58.0 Å². The molecule has 0 unspecified atom stereocenters. The highest BCUT2D eigenvalue weighted by atomic mass is 35.5. The van der Waals surface area contributed by atoms with Crippen molar-refractivity contribution in [3.8, 4) is 0 Å². The fraction of sp³-hybridized carbons (Fsp3) is 0.750. The highest BCUT2D eigenvalue weighted by molar-refractivity contribution is 6.65. The van der Waals surface area contributed by atoms with Crippen LogP contribution in [0.25, 0.3) is 0 Å². The number of nitrogens with zero attached hydrogens (tertiary/aromatic N) is 3. The number of rotatable bonds is 2. The molecule has 2 fully saturated rings. The molecule has 0 aromatic carbocycles. The molecule has 7 nitrogen and oxygen atoms in total. The van der Waals surface area contributed by atoms with Crippen molar-refractivity contribution in [1.29, 1.82) is 0 Å². The highest BCUT2D eigenvalue weighted by Crippen LogP contribution is 2.37. The van der Waals surface area contributed by atoms with Gasteiger partial charge in [0.05, 0.1) is 11.2 Å². The Bertz CT molecular complexity index is 757. The van der Waals surface area contributed by atoms with Gasteiger partial charge in [0, 0.05) is 30.7 Å². The summed E-state index contributed by atoms with van der Waals surface area (Å²) in [5.41, 5.74) is -0.754. The zero-order valence-electron chi connectivity index (χ0n) is 18.4. The summed E-state index contributed by atoms with van der Waals surface area (Å²) in [7, 11) is -0.587. The topological polar surface area (TPSA) is 73.8 Å². The van der Waals surface area contributed by atoms with Gasteiger partial charge < -0.3 is 18.9 Å². The summed E-state index contributed by atoms with van der Waals surface area (Å²) in [5.74, 6) is 0.845. The first-order valence-corrected chi connectivity index (χ1v) is 10.5. The molecule has 160 valence electrons. The maximum absolute atomic E-state index is 12.2. The van der Waals surface area contributed by atoms with Crippen LogP contribution in [0.2, 0.25) is 5.15 Å². The summed E-state index contributed by atoms with van der Waals surface area (Å²) in [4.78, 5) is 23.0. The standard InChI is InChI=1S/C20H31BClN3O4/c1-18(2,3)27-17(26)25-10-8-13(9-11-25)16-23-12-14(15(22)24-16)21-28-19(4,5)20(6,7)29-21/h12-13H,8-11H2,1-7H3. The van der Waals surface area contributed by atoms with Crippen molar-refractivity contribution in [1.82, 2.24) is 14.9 Å². The molecule has 2 aliphatic heterocycles. The average molecular weight is 424 g/mol. The molecule has 29 heavy (non-hydrogen) atoms. The van der Waals surface area contributed by atoms with E-state index in [0.717, 1.165) is 12.8 Å². The number of piperidine rings is 1. The number of halogens is 1. The summed E-state index contributed by atoms with van der Waals surface area (Å²) in [5, 5.41) is 0.350. The summed E-state index contributed by atoms with van der Waals surface area (Å²) >= 11 is 6.47. The Balaban J connectivity index is 1.64. The van der Waals surface area contributed by atoms with Crippen LogP contribution >= 0.6 is 11.6 Å². The van der Waals surface area contributed by atoms with E-state index < -0.39 is 23.9 Å². The lowest BCUT2D eigenvalue weighted by Crippen LogP contribution is -2.41. The predicted octanol–water partition coefficient (Wildman–Crippen LogP) is 3.54. The number of hydrogen-bond acceptors (Lipinski definition) is 6. The van der Waals surface area contributed by atoms with Crippen LogP contribution in [0.4, 0.5) is 4.79 Å². The van der Waals surface area contributed by atoms with Gasteiger partial charge in [0.1, 0.15) is 16.6 Å². The molecular formula is C20H31BClN3O4. The van der Waals surface area contributed by atoms with E-state index in [2.05, 4.69) is 9.97 Å². The zero-order chi connectivity index (χ0) is 21.6. The van der Waals surface area contributed by atoms with Crippen molar-refractivity contribution in [2.45, 2.75) is 84.0 Å². The second kappa shape index (κ2) is 7.71. The highest BCUT2D eigenvalue weighted by Gasteiger charge is 2.52. The van der Waals surface area contributed by atoms with Gasteiger partial charge in [-0.3, -0.25) is 0 Å². The Labute approximate surface area is 178 Å². The molecule has 3 rings (SSSR count). The molecule has 1 aromatic rings. The Morgan fingerprint density at radius 3 is 2.24 bits per heavy atom. The summed E-state index contributed by atoms with van der Waals surface area (Å²) in [6.45, 7) is 14.8. The van der Waals surface area contributed by atoms with Crippen LogP contribution in [0.15, 0.2) is 6.20 Å². The number of hydrogen-bond donors (Lipinski definition) is 0. The lowest BCUT2D eigenvalue weighted by Gasteiger charge is -2.33. The lowest BCUT2D eigenvalue weighted by molar-refractivity contribution is 0.00578. The Hall–Kier alpha value is -1.38. The van der Waals surface area contributed by atoms with Gasteiger partial charge in [-0.2, -0.15) is 0 Å². The Kier molecular flexibility index (Phi) is 5.93. The van der Waals surface area contributed by atoms with E-state index in [1.165, 1.54) is 0 Å². The first kappa shape index (κ1) is 22.3. The first-order valence-electron chi connectivity index (χ1n) is 10.1. The van der Waals surface area contributed by atoms with E-state index in [1.807, 2.05) is 48.5 Å². The molecule has 0 N–H and O–H groups in total. The number of aromatic nitrogens is 2. The molecule has 2 aliphatic rings. The van der Waals surface area contributed by atoms with Crippen molar-refractivity contribution in [2.75, 3.05) is 13.1 Å². The molecule has 0 aliphatic carbocycles. The van der Waals surface area contributed by atoms with Gasteiger partial charge in [-0.05, 0) is 61.3 Å². The third-order valence-electron chi connectivity index (χ3n) is 5.81. The van der Waals surface area contributed by atoms with Crippen LogP contribution in [0.5, 0.6) is 0 Å². The Morgan fingerprint density at radius 1 is 1.21 bits per heavy atom. The molecule has 0 radical (unpaired) electrons. The fourth-order valence-corrected chi connectivity index (χ4v) is 3.58. The van der Waals surface area contributed by atoms with Crippen LogP contribution in [0.1, 0.15) is 73.1 Å². The quantitative estimate of drug-likeness (QED) is 0.535. The predicted molar refractivity (Wildman–Crippen MR) is 113 cm³/mol. The van der Waals surface area contributed by atoms with Crippen LogP contribution < -0.4 is 5.46 Å². The fourth-order valence-electron chi connectivity index (χ4n) is 3.35. The molecule has 0 atom stereocenters. The smallest absolute Gasteiger partial charge is 0.444 e. The average Bonchev–Trinajstić information content (AvgIpc) is 2.81. The second-order valence-corrected chi connectivity index (χ2v) is 10.2. The van der Waals surface area contributed by atoms with Gasteiger partial charge in [-0.15, -0.1) is 0 Å². The molecule has 9 heteroatoms. The Morgan fingerprint density at radius 2 is 1.76 bits per heavy atom. The minimum absolute atomic E-state index is 0.151. The van der Waals surface area contributed by atoms with Crippen molar-refractivity contribution in [3.05, 3.63) is 17.2 Å². The molecule has 1 amide bonds. The van der Waals surface area contributed by atoms with Crippen molar-refractivity contribution in [2.24, 2.45) is 0 Å². The van der Waals surface area contributed by atoms with E-state index in [9.17, 15) is 4.79 Å². The maximum atomic E-state index is 12.2. The minimum atomic E-state index is -0.587. The molecule has 2 saturated heterocycles. The lowest BCUT2D eigenvalue weighted by atomic mass is 9.81. The van der Waals surface area contributed by atoms with E-state index in [4.69, 9.17) is 25.6 Å². The van der Waals surface area contributed by atoms with Gasteiger partial charge in [-0.25, -0.2) is 14.8 Å². The van der Waals surface area contributed by atoms with Crippen molar-refractivity contribution < 1.29 is 18.8 Å². The van der Waals surface area contributed by atoms with Gasteiger partial charge in [-0.1, -0.05) is 11.6 Å². The van der Waals surface area contributed by atoms with Crippen LogP contribution in [0.3, 0.4) is 0 Å². The van der Waals surface area contributed by atoms with E-state index in [1.54, 1.807) is 11.1 Å². The molecule has 0 bridgehead atoms. The normalized spacial score (nSPS) is 22.1. The largest absolute Gasteiger partial charge is 0.499 e. The van der Waals surface area contributed by atoms with Gasteiger partial charge >= 0.3 is 13.2 Å². The summed E-state index contributed by atoms with van der Waals surface area (Å²) < 4.78 is 17.6. The monoisotopic (exact) mass is 423 g/mol. The van der Waals surface area contributed by atoms with Gasteiger partial charge in [0.25, 0.3) is 0 Å². The number of carbonyl (C=O) groups excluding carboxylic acids is 1. The van der Waals surface area contributed by atoms with Crippen molar-refractivity contribution in [3.63, 3.8) is 0 Å². The molecule has 1 aromatic heterocycles. The third kappa shape index (κ3) is 4.86. The van der Waals surface area contributed by atoms with E-state index in [-0.39, 0.29) is 12.0 Å². The molecule has 3 heterocycles. The van der Waals surface area contributed by atoms with Gasteiger partial charge in [0.15, 0.2) is 0 Å². The molecule has 0 saturated carbocycles. The number of likely N-dealkylation sites (tertiary alicyclic amines) is 1. The SMILES string of the molecule is CC(C)(C)OC(=O)N1CCC(c2ncc(B3OC(C)(C)C(C)(C)O3)c(Cl)n2)CC1. The molecule has 0 spiro atoms. The summed E-state index contributed by atoms with van der Waals surface area (Å²) in [6, 6.07) is 0. The summed E-state index contributed by atoms with van der Waals surface area (Å²) in [6.07, 6.45) is 2.97. The zero-order valence-corrected chi connectivity index (χ0v) is 19.2. The number of amides is 1. The second-order valence-electron chi connectivity index (χ2n) is 9.80. The van der Waals surface area contributed by atoms with E-state index >= 15 is 0 Å².